The van der Waals surface area contributed by atoms with E-state index in [0.29, 0.717) is 12.1 Å². The molecule has 47 heavy (non-hydrogen) atoms. The van der Waals surface area contributed by atoms with E-state index in [2.05, 4.69) is 4.99 Å². The molecule has 0 saturated carbocycles. The Morgan fingerprint density at radius 1 is 0.702 bits per heavy atom. The molecule has 4 N–H and O–H groups in total. The number of benzene rings is 2. The molecular weight excluding hydrogens is 700 g/mol. The maximum atomic E-state index is 13.4. The first-order valence-electron chi connectivity index (χ1n) is 14.1. The number of hydrogen-bond acceptors (Lipinski definition) is 6. The smallest absolute Gasteiger partial charge is 0.370 e. The van der Waals surface area contributed by atoms with Gasteiger partial charge in [-0.25, -0.2) is 16.8 Å². The van der Waals surface area contributed by atoms with E-state index in [1.54, 1.807) is 27.7 Å². The number of carbonyl (C=O) groups excluding carboxylic acids is 2. The molecule has 0 heterocycles. The molecule has 0 unspecified atom stereocenters. The third kappa shape index (κ3) is 9.92. The summed E-state index contributed by atoms with van der Waals surface area (Å²) < 4.78 is 130. The summed E-state index contributed by atoms with van der Waals surface area (Å²) in [5.74, 6) is -1.68. The lowest BCUT2D eigenvalue weighted by molar-refractivity contribution is -0.140. The van der Waals surface area contributed by atoms with Crippen molar-refractivity contribution >= 4 is 48.4 Å². The van der Waals surface area contributed by atoms with Gasteiger partial charge in [0.15, 0.2) is 25.6 Å². The molecule has 0 fully saturated rings. The summed E-state index contributed by atoms with van der Waals surface area (Å²) in [6, 6.07) is 2.73. The second kappa shape index (κ2) is 15.8. The standard InChI is InChI=1S/C15H20F3N3O3S.C14H16ClF3O3S/c1-4-9(5-2)25(23,24)12-6-8(3)10(13(22)21-14(19)20)7-11(12)15(16,17)18;1-4-9(5-2)22(20,21)12-6-8(3)10(13(15)19)7-11(12)14(16,17)18/h6-7,9H,4-5H2,1-3H3,(H4,19,20,21,22);6-7,9H,4-5H2,1-3H3. The monoisotopic (exact) mass is 735 g/mol. The Morgan fingerprint density at radius 3 is 1.30 bits per heavy atom. The van der Waals surface area contributed by atoms with E-state index < -0.39 is 86.1 Å². The van der Waals surface area contributed by atoms with Crippen LogP contribution in [0.5, 0.6) is 0 Å². The maximum Gasteiger partial charge on any atom is 0.417 e. The van der Waals surface area contributed by atoms with Crippen molar-refractivity contribution in [2.45, 2.75) is 99.9 Å². The average Bonchev–Trinajstić information content (AvgIpc) is 2.92. The Hall–Kier alpha value is -3.18. The number of aliphatic imine (C=N–C) groups is 1. The van der Waals surface area contributed by atoms with Crippen LogP contribution in [0.3, 0.4) is 0 Å². The molecule has 0 aliphatic rings. The molecule has 9 nitrogen and oxygen atoms in total. The molecule has 0 bridgehead atoms. The van der Waals surface area contributed by atoms with Crippen LogP contribution in [0.15, 0.2) is 39.0 Å². The van der Waals surface area contributed by atoms with Crippen molar-refractivity contribution in [2.75, 3.05) is 0 Å². The Morgan fingerprint density at radius 2 is 1.02 bits per heavy atom. The molecule has 0 atom stereocenters. The largest absolute Gasteiger partial charge is 0.417 e. The number of hydrogen-bond donors (Lipinski definition) is 2. The van der Waals surface area contributed by atoms with Crippen molar-refractivity contribution in [3.8, 4) is 0 Å². The van der Waals surface area contributed by atoms with E-state index in [-0.39, 0.29) is 42.4 Å². The van der Waals surface area contributed by atoms with Crippen LogP contribution in [-0.4, -0.2) is 44.4 Å². The van der Waals surface area contributed by atoms with E-state index in [1.807, 2.05) is 0 Å². The number of aryl methyl sites for hydroxylation is 2. The van der Waals surface area contributed by atoms with Crippen LogP contribution >= 0.6 is 11.6 Å². The number of sulfone groups is 2. The van der Waals surface area contributed by atoms with Crippen molar-refractivity contribution in [3.05, 3.63) is 57.6 Å². The molecule has 2 rings (SSSR count). The molecule has 18 heteroatoms. The van der Waals surface area contributed by atoms with E-state index in [0.717, 1.165) is 12.1 Å². The normalized spacial score (nSPS) is 12.5. The quantitative estimate of drug-likeness (QED) is 0.117. The topological polar surface area (TPSA) is 167 Å². The molecular formula is C29H36ClF6N3O6S2. The summed E-state index contributed by atoms with van der Waals surface area (Å²) in [4.78, 5) is 24.7. The number of alkyl halides is 6. The molecule has 0 aromatic heterocycles. The Balaban J connectivity index is 0.000000474. The van der Waals surface area contributed by atoms with Gasteiger partial charge < -0.3 is 11.5 Å². The van der Waals surface area contributed by atoms with E-state index in [1.165, 1.54) is 13.8 Å². The van der Waals surface area contributed by atoms with Crippen LogP contribution in [0.4, 0.5) is 26.3 Å². The first-order valence-corrected chi connectivity index (χ1v) is 17.5. The average molecular weight is 736 g/mol. The molecule has 0 aliphatic heterocycles. The van der Waals surface area contributed by atoms with Crippen LogP contribution < -0.4 is 11.5 Å². The summed E-state index contributed by atoms with van der Waals surface area (Å²) in [5.41, 5.74) is 6.75. The molecule has 1 amide bonds. The second-order valence-electron chi connectivity index (χ2n) is 10.4. The van der Waals surface area contributed by atoms with Gasteiger partial charge in [-0.2, -0.15) is 31.3 Å². The summed E-state index contributed by atoms with van der Waals surface area (Å²) in [7, 11) is -8.37. The molecule has 0 spiro atoms. The second-order valence-corrected chi connectivity index (χ2v) is 15.1. The predicted octanol–water partition coefficient (Wildman–Crippen LogP) is 6.74. The van der Waals surface area contributed by atoms with Gasteiger partial charge in [-0.3, -0.25) is 9.59 Å². The lowest BCUT2D eigenvalue weighted by Crippen LogP contribution is -2.25. The van der Waals surface area contributed by atoms with E-state index in [9.17, 15) is 52.8 Å². The number of nitrogens with two attached hydrogens (primary N) is 2. The fourth-order valence-corrected chi connectivity index (χ4v) is 9.03. The predicted molar refractivity (Wildman–Crippen MR) is 166 cm³/mol. The maximum absolute atomic E-state index is 13.4. The zero-order valence-electron chi connectivity index (χ0n) is 26.3. The summed E-state index contributed by atoms with van der Waals surface area (Å²) in [6.07, 6.45) is -9.12. The van der Waals surface area contributed by atoms with Crippen LogP contribution in [-0.2, 0) is 32.0 Å². The molecule has 0 radical (unpaired) electrons. The highest BCUT2D eigenvalue weighted by Gasteiger charge is 2.41. The fraction of sp³-hybridized carbons (Fsp3) is 0.483. The van der Waals surface area contributed by atoms with Gasteiger partial charge in [0.25, 0.3) is 11.1 Å². The number of nitrogens with zero attached hydrogens (tertiary/aromatic N) is 1. The third-order valence-electron chi connectivity index (χ3n) is 7.25. The van der Waals surface area contributed by atoms with Crippen LogP contribution in [0.2, 0.25) is 0 Å². The van der Waals surface area contributed by atoms with Gasteiger partial charge in [-0.1, -0.05) is 27.7 Å². The van der Waals surface area contributed by atoms with Gasteiger partial charge in [-0.05, 0) is 86.5 Å². The van der Waals surface area contributed by atoms with Gasteiger partial charge in [0.1, 0.15) is 0 Å². The Bertz CT molecular complexity index is 1730. The van der Waals surface area contributed by atoms with Crippen LogP contribution in [0.25, 0.3) is 0 Å². The minimum atomic E-state index is -4.96. The highest BCUT2D eigenvalue weighted by Crippen LogP contribution is 2.39. The molecule has 264 valence electrons. The van der Waals surface area contributed by atoms with Gasteiger partial charge in [0.2, 0.25) is 0 Å². The molecule has 0 saturated heterocycles. The van der Waals surface area contributed by atoms with Crippen molar-refractivity contribution < 1.29 is 52.8 Å². The highest BCUT2D eigenvalue weighted by atomic mass is 35.5. The van der Waals surface area contributed by atoms with Crippen molar-refractivity contribution in [1.29, 1.82) is 0 Å². The van der Waals surface area contributed by atoms with Gasteiger partial charge in [0, 0.05) is 11.1 Å². The minimum absolute atomic E-state index is 0.0348. The van der Waals surface area contributed by atoms with Gasteiger partial charge >= 0.3 is 12.4 Å². The molecule has 2 aromatic carbocycles. The first kappa shape index (κ1) is 41.8. The summed E-state index contributed by atoms with van der Waals surface area (Å²) in [5, 5.41) is -2.92. The lowest BCUT2D eigenvalue weighted by atomic mass is 10.0. The zero-order valence-corrected chi connectivity index (χ0v) is 28.7. The fourth-order valence-electron chi connectivity index (χ4n) is 4.71. The zero-order chi connectivity index (χ0) is 36.9. The van der Waals surface area contributed by atoms with Crippen LogP contribution in [0.1, 0.15) is 96.3 Å². The van der Waals surface area contributed by atoms with E-state index >= 15 is 0 Å². The van der Waals surface area contributed by atoms with E-state index in [4.69, 9.17) is 23.1 Å². The summed E-state index contributed by atoms with van der Waals surface area (Å²) >= 11 is 5.26. The van der Waals surface area contributed by atoms with Crippen molar-refractivity contribution in [3.63, 3.8) is 0 Å². The Kier molecular flexibility index (Phi) is 14.1. The lowest BCUT2D eigenvalue weighted by Gasteiger charge is -2.20. The number of guanidine groups is 1. The number of halogens is 7. The Labute approximate surface area is 274 Å². The molecule has 2 aromatic rings. The van der Waals surface area contributed by atoms with Crippen molar-refractivity contribution in [1.82, 2.24) is 0 Å². The molecule has 0 aliphatic carbocycles. The van der Waals surface area contributed by atoms with Crippen molar-refractivity contribution in [2.24, 2.45) is 16.5 Å². The summed E-state index contributed by atoms with van der Waals surface area (Å²) in [6.45, 7) is 9.04. The highest BCUT2D eigenvalue weighted by molar-refractivity contribution is 7.92. The first-order chi connectivity index (χ1) is 21.3. The van der Waals surface area contributed by atoms with Crippen LogP contribution in [0, 0.1) is 13.8 Å². The SMILES string of the molecule is CCC(CC)S(=O)(=O)c1cc(C)c(C(=O)Cl)cc1C(F)(F)F.CCC(CC)S(=O)(=O)c1cc(C)c(C(=O)N=C(N)N)cc1C(F)(F)F. The number of amides is 1. The minimum Gasteiger partial charge on any atom is -0.370 e. The van der Waals surface area contributed by atoms with Gasteiger partial charge in [0.05, 0.1) is 31.4 Å². The number of carbonyl (C=O) groups is 2. The third-order valence-corrected chi connectivity index (χ3v) is 12.4. The van der Waals surface area contributed by atoms with Gasteiger partial charge in [-0.15, -0.1) is 0 Å². The number of rotatable bonds is 10.